The molecule has 2 nitrogen and oxygen atoms in total. The zero-order valence-electron chi connectivity index (χ0n) is 8.11. The van der Waals surface area contributed by atoms with Gasteiger partial charge in [-0.25, -0.2) is 0 Å². The molecule has 1 aliphatic rings. The van der Waals surface area contributed by atoms with Gasteiger partial charge in [0.05, 0.1) is 18.2 Å². The molecule has 2 heterocycles. The van der Waals surface area contributed by atoms with Crippen LogP contribution < -0.4 is 0 Å². The number of rotatable bonds is 2. The van der Waals surface area contributed by atoms with Crippen LogP contribution in [0.5, 0.6) is 0 Å². The maximum Gasteiger partial charge on any atom is 0.0851 e. The summed E-state index contributed by atoms with van der Waals surface area (Å²) in [4.78, 5) is 4.38. The van der Waals surface area contributed by atoms with Crippen LogP contribution in [0.15, 0.2) is 30.5 Å². The minimum Gasteiger partial charge on any atom is -0.373 e. The van der Waals surface area contributed by atoms with E-state index < -0.39 is 0 Å². The van der Waals surface area contributed by atoms with Crippen molar-refractivity contribution >= 4 is 22.5 Å². The van der Waals surface area contributed by atoms with E-state index in [-0.39, 0.29) is 0 Å². The minimum atomic E-state index is 0.343. The van der Waals surface area contributed by atoms with Crippen LogP contribution in [0, 0.1) is 0 Å². The van der Waals surface area contributed by atoms with Gasteiger partial charge in [0.15, 0.2) is 0 Å². The molecule has 15 heavy (non-hydrogen) atoms. The molecule has 1 unspecified atom stereocenters. The average Bonchev–Trinajstić information content (AvgIpc) is 3.06. The van der Waals surface area contributed by atoms with E-state index in [0.29, 0.717) is 6.10 Å². The zero-order valence-corrected chi connectivity index (χ0v) is 8.87. The Morgan fingerprint density at radius 2 is 2.27 bits per heavy atom. The number of halogens is 1. The Bertz CT molecular complexity index is 508. The fourth-order valence-corrected chi connectivity index (χ4v) is 2.02. The lowest BCUT2D eigenvalue weighted by Crippen LogP contribution is -1.96. The molecule has 1 fully saturated rings. The van der Waals surface area contributed by atoms with E-state index in [4.69, 9.17) is 16.3 Å². The van der Waals surface area contributed by atoms with Crippen LogP contribution in [0.2, 0.25) is 5.02 Å². The number of hydrogen-bond acceptors (Lipinski definition) is 2. The largest absolute Gasteiger partial charge is 0.373 e. The average molecular weight is 220 g/mol. The van der Waals surface area contributed by atoms with Crippen LogP contribution in [0.3, 0.4) is 0 Å². The van der Waals surface area contributed by atoms with Crippen LogP contribution in [-0.2, 0) is 11.2 Å². The molecular weight excluding hydrogens is 210 g/mol. The number of benzene rings is 1. The number of epoxide rings is 1. The maximum absolute atomic E-state index is 6.18. The van der Waals surface area contributed by atoms with Gasteiger partial charge in [0.2, 0.25) is 0 Å². The van der Waals surface area contributed by atoms with Crippen LogP contribution in [0.1, 0.15) is 5.56 Å². The van der Waals surface area contributed by atoms with E-state index in [1.807, 2.05) is 18.2 Å². The molecule has 2 aromatic rings. The van der Waals surface area contributed by atoms with E-state index in [1.165, 1.54) is 0 Å². The number of fused-ring (bicyclic) bond motifs is 1. The predicted molar refractivity (Wildman–Crippen MR) is 60.2 cm³/mol. The highest BCUT2D eigenvalue weighted by molar-refractivity contribution is 6.32. The Balaban J connectivity index is 2.18. The zero-order chi connectivity index (χ0) is 10.3. The number of nitrogens with zero attached hydrogens (tertiary/aromatic N) is 1. The van der Waals surface area contributed by atoms with Crippen molar-refractivity contribution in [2.45, 2.75) is 12.5 Å². The second-order valence-electron chi connectivity index (χ2n) is 3.76. The molecule has 0 bridgehead atoms. The van der Waals surface area contributed by atoms with Crippen molar-refractivity contribution in [3.63, 3.8) is 0 Å². The molecule has 0 radical (unpaired) electrons. The van der Waals surface area contributed by atoms with Gasteiger partial charge in [-0.3, -0.25) is 4.98 Å². The van der Waals surface area contributed by atoms with Gasteiger partial charge in [0.1, 0.15) is 0 Å². The van der Waals surface area contributed by atoms with Crippen molar-refractivity contribution in [2.24, 2.45) is 0 Å². The van der Waals surface area contributed by atoms with Gasteiger partial charge in [-0.2, -0.15) is 0 Å². The van der Waals surface area contributed by atoms with Crippen LogP contribution >= 0.6 is 11.6 Å². The number of ether oxygens (including phenoxy) is 1. The highest BCUT2D eigenvalue weighted by Crippen LogP contribution is 2.28. The molecule has 0 saturated carbocycles. The van der Waals surface area contributed by atoms with Gasteiger partial charge in [-0.1, -0.05) is 23.7 Å². The predicted octanol–water partition coefficient (Wildman–Crippen LogP) is 2.83. The van der Waals surface area contributed by atoms with Gasteiger partial charge >= 0.3 is 0 Å². The van der Waals surface area contributed by atoms with E-state index in [2.05, 4.69) is 11.1 Å². The lowest BCUT2D eigenvalue weighted by molar-refractivity contribution is 0.408. The lowest BCUT2D eigenvalue weighted by atomic mass is 10.1. The minimum absolute atomic E-state index is 0.343. The molecule has 76 valence electrons. The SMILES string of the molecule is Clc1ccc2cccnc2c1CC1CO1. The topological polar surface area (TPSA) is 25.4 Å². The summed E-state index contributed by atoms with van der Waals surface area (Å²) in [5.41, 5.74) is 2.11. The normalized spacial score (nSPS) is 19.4. The second kappa shape index (κ2) is 3.47. The van der Waals surface area contributed by atoms with E-state index in [0.717, 1.165) is 34.5 Å². The summed E-state index contributed by atoms with van der Waals surface area (Å²) in [5.74, 6) is 0. The number of pyridine rings is 1. The number of aromatic nitrogens is 1. The monoisotopic (exact) mass is 219 g/mol. The quantitative estimate of drug-likeness (QED) is 0.726. The summed E-state index contributed by atoms with van der Waals surface area (Å²) in [6.07, 6.45) is 3.01. The Morgan fingerprint density at radius 3 is 3.07 bits per heavy atom. The van der Waals surface area contributed by atoms with Gasteiger partial charge in [0.25, 0.3) is 0 Å². The summed E-state index contributed by atoms with van der Waals surface area (Å²) in [5, 5.41) is 1.93. The summed E-state index contributed by atoms with van der Waals surface area (Å²) in [6, 6.07) is 7.93. The van der Waals surface area contributed by atoms with Crippen molar-refractivity contribution < 1.29 is 4.74 Å². The summed E-state index contributed by atoms with van der Waals surface area (Å²) in [7, 11) is 0. The van der Waals surface area contributed by atoms with E-state index >= 15 is 0 Å². The lowest BCUT2D eigenvalue weighted by Gasteiger charge is -2.06. The van der Waals surface area contributed by atoms with E-state index in [1.54, 1.807) is 6.20 Å². The van der Waals surface area contributed by atoms with Gasteiger partial charge in [-0.15, -0.1) is 0 Å². The van der Waals surface area contributed by atoms with Crippen LogP contribution in [0.4, 0.5) is 0 Å². The van der Waals surface area contributed by atoms with Gasteiger partial charge in [0, 0.05) is 23.0 Å². The van der Waals surface area contributed by atoms with E-state index in [9.17, 15) is 0 Å². The van der Waals surface area contributed by atoms with Crippen molar-refractivity contribution in [1.82, 2.24) is 4.98 Å². The highest BCUT2D eigenvalue weighted by atomic mass is 35.5. The van der Waals surface area contributed by atoms with Crippen molar-refractivity contribution in [2.75, 3.05) is 6.61 Å². The molecule has 0 aliphatic carbocycles. The molecule has 3 rings (SSSR count). The summed E-state index contributed by atoms with van der Waals surface area (Å²) >= 11 is 6.18. The Labute approximate surface area is 92.8 Å². The molecule has 1 aromatic carbocycles. The first-order valence-corrected chi connectivity index (χ1v) is 5.36. The summed E-state index contributed by atoms with van der Waals surface area (Å²) < 4.78 is 5.23. The van der Waals surface area contributed by atoms with Crippen molar-refractivity contribution in [3.8, 4) is 0 Å². The molecule has 0 N–H and O–H groups in total. The molecule has 3 heteroatoms. The standard InChI is InChI=1S/C12H10ClNO/c13-11-4-3-8-2-1-5-14-12(8)10(11)6-9-7-15-9/h1-5,9H,6-7H2. The maximum atomic E-state index is 6.18. The molecular formula is C12H10ClNO. The van der Waals surface area contributed by atoms with Crippen LogP contribution in [-0.4, -0.2) is 17.7 Å². The first-order chi connectivity index (χ1) is 7.34. The Morgan fingerprint density at radius 1 is 1.40 bits per heavy atom. The van der Waals surface area contributed by atoms with Gasteiger partial charge < -0.3 is 4.74 Å². The Kier molecular flexibility index (Phi) is 2.11. The number of hydrogen-bond donors (Lipinski definition) is 0. The molecule has 1 atom stereocenters. The molecule has 1 aromatic heterocycles. The first kappa shape index (κ1) is 9.13. The third-order valence-corrected chi connectivity index (χ3v) is 3.01. The fourth-order valence-electron chi connectivity index (χ4n) is 1.79. The third kappa shape index (κ3) is 1.71. The molecule has 1 saturated heterocycles. The van der Waals surface area contributed by atoms with Crippen molar-refractivity contribution in [3.05, 3.63) is 41.0 Å². The smallest absolute Gasteiger partial charge is 0.0851 e. The third-order valence-electron chi connectivity index (χ3n) is 2.66. The fraction of sp³-hybridized carbons (Fsp3) is 0.250. The Hall–Kier alpha value is -1.12. The molecule has 0 spiro atoms. The van der Waals surface area contributed by atoms with Crippen LogP contribution in [0.25, 0.3) is 10.9 Å². The highest BCUT2D eigenvalue weighted by Gasteiger charge is 2.24. The molecule has 0 amide bonds. The summed E-state index contributed by atoms with van der Waals surface area (Å²) in [6.45, 7) is 0.847. The van der Waals surface area contributed by atoms with Crippen molar-refractivity contribution in [1.29, 1.82) is 0 Å². The first-order valence-electron chi connectivity index (χ1n) is 4.98. The molecule has 1 aliphatic heterocycles. The van der Waals surface area contributed by atoms with Gasteiger partial charge in [-0.05, 0) is 17.7 Å². The second-order valence-corrected chi connectivity index (χ2v) is 4.17.